The first-order valence-electron chi connectivity index (χ1n) is 14.3. The van der Waals surface area contributed by atoms with E-state index < -0.39 is 32.0 Å². The predicted molar refractivity (Wildman–Crippen MR) is 162 cm³/mol. The number of Topliss-reactive ketones (excluding diaryl/α,β-unsaturated/α-hetero) is 1. The fraction of sp³-hybridized carbons (Fsp3) is 0.229. The highest BCUT2D eigenvalue weighted by Gasteiger charge is 2.54. The standard InChI is InChI=1S/C35H33NO4Si/c37-33-28(21-26-13-5-1-6-14-26)24-41(30-17-9-3-10-18-30,31-19-11-4-12-20-31)25-32(33)34(38)36-29(23-40-35(36)39)22-27-15-7-2-8-16-27/h1-20,28-29,32H,21-25H2/t28-,29-,32+/m1/s1. The van der Waals surface area contributed by atoms with E-state index in [9.17, 15) is 14.4 Å². The molecule has 0 bridgehead atoms. The van der Waals surface area contributed by atoms with Crippen LogP contribution >= 0.6 is 0 Å². The normalized spacial score (nSPS) is 21.9. The van der Waals surface area contributed by atoms with Crippen LogP contribution in [0.2, 0.25) is 12.1 Å². The van der Waals surface area contributed by atoms with Gasteiger partial charge in [-0.15, -0.1) is 0 Å². The fourth-order valence-corrected chi connectivity index (χ4v) is 12.1. The molecular formula is C35H33NO4Si. The number of ketones is 1. The highest BCUT2D eigenvalue weighted by atomic mass is 28.3. The van der Waals surface area contributed by atoms with E-state index in [4.69, 9.17) is 4.74 Å². The van der Waals surface area contributed by atoms with Crippen LogP contribution in [0.3, 0.4) is 0 Å². The lowest BCUT2D eigenvalue weighted by atomic mass is 9.88. The number of carbonyl (C=O) groups is 3. The monoisotopic (exact) mass is 559 g/mol. The molecule has 4 aromatic carbocycles. The summed E-state index contributed by atoms with van der Waals surface area (Å²) in [5.41, 5.74) is 2.09. The summed E-state index contributed by atoms with van der Waals surface area (Å²) in [5.74, 6) is -1.72. The van der Waals surface area contributed by atoms with Gasteiger partial charge in [0.05, 0.1) is 12.0 Å². The van der Waals surface area contributed by atoms with Crippen LogP contribution in [-0.2, 0) is 27.2 Å². The third kappa shape index (κ3) is 5.40. The molecule has 2 fully saturated rings. The van der Waals surface area contributed by atoms with Crippen molar-refractivity contribution in [2.24, 2.45) is 11.8 Å². The molecule has 6 rings (SSSR count). The molecule has 0 spiro atoms. The Morgan fingerprint density at radius 1 is 0.683 bits per heavy atom. The van der Waals surface area contributed by atoms with Crippen LogP contribution < -0.4 is 10.4 Å². The SMILES string of the molecule is O=C1[C@H](Cc2ccccc2)C[Si](c2ccccc2)(c2ccccc2)C[C@@H]1C(=O)N1C(=O)OC[C@H]1Cc1ccccc1. The number of rotatable bonds is 7. The highest BCUT2D eigenvalue weighted by molar-refractivity contribution is 7.03. The Labute approximate surface area is 241 Å². The molecule has 2 heterocycles. The minimum absolute atomic E-state index is 0.0630. The van der Waals surface area contributed by atoms with E-state index in [1.165, 1.54) is 15.3 Å². The summed E-state index contributed by atoms with van der Waals surface area (Å²) in [6, 6.07) is 41.3. The molecule has 0 saturated carbocycles. The second-order valence-corrected chi connectivity index (χ2v) is 15.3. The van der Waals surface area contributed by atoms with Crippen molar-refractivity contribution in [2.75, 3.05) is 6.61 Å². The molecule has 5 nitrogen and oxygen atoms in total. The Kier molecular flexibility index (Phi) is 7.66. The largest absolute Gasteiger partial charge is 0.447 e. The van der Waals surface area contributed by atoms with Gasteiger partial charge in [0.25, 0.3) is 0 Å². The highest BCUT2D eigenvalue weighted by Crippen LogP contribution is 2.38. The molecule has 2 saturated heterocycles. The molecule has 0 aromatic heterocycles. The predicted octanol–water partition coefficient (Wildman–Crippen LogP) is 4.90. The summed E-state index contributed by atoms with van der Waals surface area (Å²) in [6.07, 6.45) is 0.406. The van der Waals surface area contributed by atoms with E-state index in [1.807, 2.05) is 97.1 Å². The number of nitrogens with zero attached hydrogens (tertiary/aromatic N) is 1. The molecule has 4 aromatic rings. The quantitative estimate of drug-likeness (QED) is 0.239. The van der Waals surface area contributed by atoms with E-state index in [-0.39, 0.29) is 18.3 Å². The first-order chi connectivity index (χ1) is 20.0. The van der Waals surface area contributed by atoms with Gasteiger partial charge in [0.2, 0.25) is 5.91 Å². The van der Waals surface area contributed by atoms with Gasteiger partial charge >= 0.3 is 6.09 Å². The van der Waals surface area contributed by atoms with Crippen LogP contribution in [-0.4, -0.2) is 43.4 Å². The lowest BCUT2D eigenvalue weighted by molar-refractivity contribution is -0.140. The van der Waals surface area contributed by atoms with E-state index in [0.717, 1.165) is 17.2 Å². The zero-order valence-electron chi connectivity index (χ0n) is 22.9. The van der Waals surface area contributed by atoms with Gasteiger partial charge < -0.3 is 4.74 Å². The lowest BCUT2D eigenvalue weighted by Crippen LogP contribution is -2.65. The molecule has 2 aliphatic heterocycles. The molecule has 206 valence electrons. The van der Waals surface area contributed by atoms with E-state index in [0.29, 0.717) is 18.9 Å². The zero-order valence-corrected chi connectivity index (χ0v) is 23.9. The second-order valence-electron chi connectivity index (χ2n) is 11.2. The van der Waals surface area contributed by atoms with Crippen molar-refractivity contribution in [3.8, 4) is 0 Å². The third-order valence-electron chi connectivity index (χ3n) is 8.68. The average molecular weight is 560 g/mol. The van der Waals surface area contributed by atoms with Gasteiger partial charge in [-0.25, -0.2) is 9.69 Å². The lowest BCUT2D eigenvalue weighted by Gasteiger charge is -2.43. The molecular weight excluding hydrogens is 526 g/mol. The maximum atomic E-state index is 14.4. The number of benzene rings is 4. The Bertz CT molecular complexity index is 1470. The van der Waals surface area contributed by atoms with Crippen molar-refractivity contribution in [1.29, 1.82) is 0 Å². The minimum atomic E-state index is -2.61. The number of ether oxygens (including phenoxy) is 1. The van der Waals surface area contributed by atoms with Crippen LogP contribution in [0, 0.1) is 11.8 Å². The van der Waals surface area contributed by atoms with Gasteiger partial charge in [0.15, 0.2) is 0 Å². The Balaban J connectivity index is 1.41. The second kappa shape index (κ2) is 11.7. The van der Waals surface area contributed by atoms with Crippen molar-refractivity contribution >= 4 is 36.2 Å². The number of hydrogen-bond donors (Lipinski definition) is 0. The van der Waals surface area contributed by atoms with Crippen LogP contribution in [0.15, 0.2) is 121 Å². The van der Waals surface area contributed by atoms with Gasteiger partial charge in [0, 0.05) is 5.92 Å². The summed E-state index contributed by atoms with van der Waals surface area (Å²) < 4.78 is 5.41. The number of amides is 2. The van der Waals surface area contributed by atoms with Gasteiger partial charge in [-0.05, 0) is 36.1 Å². The van der Waals surface area contributed by atoms with Crippen LogP contribution in [0.4, 0.5) is 4.79 Å². The molecule has 0 unspecified atom stereocenters. The van der Waals surface area contributed by atoms with E-state index >= 15 is 0 Å². The summed E-state index contributed by atoms with van der Waals surface area (Å²) >= 11 is 0. The molecule has 0 N–H and O–H groups in total. The number of hydrogen-bond acceptors (Lipinski definition) is 4. The van der Waals surface area contributed by atoms with Gasteiger partial charge in [0.1, 0.15) is 20.5 Å². The van der Waals surface area contributed by atoms with Crippen molar-refractivity contribution in [2.45, 2.75) is 31.0 Å². The van der Waals surface area contributed by atoms with Crippen molar-refractivity contribution < 1.29 is 19.1 Å². The molecule has 0 radical (unpaired) electrons. The molecule has 3 atom stereocenters. The van der Waals surface area contributed by atoms with Crippen LogP contribution in [0.5, 0.6) is 0 Å². The number of carbonyl (C=O) groups excluding carboxylic acids is 3. The number of cyclic esters (lactones) is 1. The zero-order chi connectivity index (χ0) is 28.2. The van der Waals surface area contributed by atoms with Crippen molar-refractivity contribution in [3.63, 3.8) is 0 Å². The Hall–Kier alpha value is -4.29. The van der Waals surface area contributed by atoms with Gasteiger partial charge in [-0.3, -0.25) is 9.59 Å². The van der Waals surface area contributed by atoms with Gasteiger partial charge in [-0.2, -0.15) is 0 Å². The van der Waals surface area contributed by atoms with Crippen LogP contribution in [0.1, 0.15) is 11.1 Å². The molecule has 41 heavy (non-hydrogen) atoms. The van der Waals surface area contributed by atoms with Crippen molar-refractivity contribution in [1.82, 2.24) is 4.90 Å². The summed E-state index contributed by atoms with van der Waals surface area (Å²) in [7, 11) is -2.61. The first kappa shape index (κ1) is 26.9. The molecule has 6 heteroatoms. The van der Waals surface area contributed by atoms with Gasteiger partial charge in [-0.1, -0.05) is 132 Å². The molecule has 0 aliphatic carbocycles. The molecule has 2 aliphatic rings. The Morgan fingerprint density at radius 2 is 1.17 bits per heavy atom. The average Bonchev–Trinajstić information content (AvgIpc) is 3.39. The smallest absolute Gasteiger partial charge is 0.417 e. The topological polar surface area (TPSA) is 63.7 Å². The van der Waals surface area contributed by atoms with Crippen LogP contribution in [0.25, 0.3) is 0 Å². The summed E-state index contributed by atoms with van der Waals surface area (Å²) in [5, 5.41) is 2.42. The van der Waals surface area contributed by atoms with E-state index in [1.54, 1.807) is 0 Å². The first-order valence-corrected chi connectivity index (χ1v) is 16.7. The summed E-state index contributed by atoms with van der Waals surface area (Å²) in [4.78, 5) is 42.9. The minimum Gasteiger partial charge on any atom is -0.447 e. The fourth-order valence-electron chi connectivity index (χ4n) is 6.71. The van der Waals surface area contributed by atoms with Crippen molar-refractivity contribution in [3.05, 3.63) is 132 Å². The third-order valence-corrected chi connectivity index (χ3v) is 13.9. The van der Waals surface area contributed by atoms with E-state index in [2.05, 4.69) is 24.3 Å². The Morgan fingerprint density at radius 3 is 1.71 bits per heavy atom. The maximum absolute atomic E-state index is 14.4. The summed E-state index contributed by atoms with van der Waals surface area (Å²) in [6.45, 7) is 0.133. The number of imide groups is 1. The molecule has 2 amide bonds. The maximum Gasteiger partial charge on any atom is 0.417 e.